The molecule has 0 bridgehead atoms. The SMILES string of the molecule is CC(C)(Oc1ccc(Oc2cccc(CN)c2)cc1)C(=O)O. The fourth-order valence-electron chi connectivity index (χ4n) is 1.79. The molecule has 0 spiro atoms. The minimum atomic E-state index is -1.28. The van der Waals surface area contributed by atoms with E-state index in [0.29, 0.717) is 23.8 Å². The number of nitrogens with two attached hydrogens (primary N) is 1. The van der Waals surface area contributed by atoms with Gasteiger partial charge in [-0.2, -0.15) is 0 Å². The molecule has 2 aromatic carbocycles. The van der Waals surface area contributed by atoms with Crippen LogP contribution in [-0.4, -0.2) is 16.7 Å². The van der Waals surface area contributed by atoms with Crippen molar-refractivity contribution in [3.05, 3.63) is 54.1 Å². The number of carbonyl (C=O) groups is 1. The van der Waals surface area contributed by atoms with Gasteiger partial charge in [0, 0.05) is 6.54 Å². The molecule has 0 fully saturated rings. The third kappa shape index (κ3) is 3.99. The molecule has 0 aliphatic carbocycles. The lowest BCUT2D eigenvalue weighted by Gasteiger charge is -2.21. The smallest absolute Gasteiger partial charge is 0.347 e. The lowest BCUT2D eigenvalue weighted by Crippen LogP contribution is -2.37. The van der Waals surface area contributed by atoms with E-state index in [4.69, 9.17) is 20.3 Å². The molecule has 0 unspecified atom stereocenters. The van der Waals surface area contributed by atoms with Crippen LogP contribution < -0.4 is 15.2 Å². The molecule has 0 amide bonds. The zero-order valence-corrected chi connectivity index (χ0v) is 12.6. The van der Waals surface area contributed by atoms with E-state index < -0.39 is 11.6 Å². The van der Waals surface area contributed by atoms with Crippen molar-refractivity contribution in [2.24, 2.45) is 5.73 Å². The maximum Gasteiger partial charge on any atom is 0.347 e. The van der Waals surface area contributed by atoms with Gasteiger partial charge in [-0.25, -0.2) is 4.79 Å². The maximum atomic E-state index is 11.0. The zero-order chi connectivity index (χ0) is 16.2. The van der Waals surface area contributed by atoms with Crippen LogP contribution in [0.2, 0.25) is 0 Å². The molecule has 0 saturated heterocycles. The first-order valence-electron chi connectivity index (χ1n) is 6.90. The minimum Gasteiger partial charge on any atom is -0.478 e. The normalized spacial score (nSPS) is 11.0. The highest BCUT2D eigenvalue weighted by atomic mass is 16.5. The monoisotopic (exact) mass is 301 g/mol. The van der Waals surface area contributed by atoms with Crippen LogP contribution in [0.15, 0.2) is 48.5 Å². The number of hydrogen-bond donors (Lipinski definition) is 2. The van der Waals surface area contributed by atoms with Crippen LogP contribution in [0.4, 0.5) is 0 Å². The Morgan fingerprint density at radius 1 is 1.09 bits per heavy atom. The van der Waals surface area contributed by atoms with Crippen LogP contribution in [0.25, 0.3) is 0 Å². The third-order valence-corrected chi connectivity index (χ3v) is 3.08. The first kappa shape index (κ1) is 15.9. The molecule has 116 valence electrons. The van der Waals surface area contributed by atoms with Gasteiger partial charge in [-0.15, -0.1) is 0 Å². The molecule has 3 N–H and O–H groups in total. The van der Waals surface area contributed by atoms with E-state index in [1.165, 1.54) is 13.8 Å². The number of aliphatic carboxylic acids is 1. The first-order chi connectivity index (χ1) is 10.4. The van der Waals surface area contributed by atoms with Gasteiger partial charge < -0.3 is 20.3 Å². The fourth-order valence-corrected chi connectivity index (χ4v) is 1.79. The lowest BCUT2D eigenvalue weighted by atomic mass is 10.1. The van der Waals surface area contributed by atoms with Gasteiger partial charge in [-0.05, 0) is 55.8 Å². The summed E-state index contributed by atoms with van der Waals surface area (Å²) in [6.45, 7) is 3.45. The van der Waals surface area contributed by atoms with E-state index >= 15 is 0 Å². The van der Waals surface area contributed by atoms with Crippen LogP contribution in [0.3, 0.4) is 0 Å². The van der Waals surface area contributed by atoms with Crippen molar-refractivity contribution in [3.8, 4) is 17.2 Å². The van der Waals surface area contributed by atoms with Gasteiger partial charge >= 0.3 is 5.97 Å². The molecule has 0 radical (unpaired) electrons. The van der Waals surface area contributed by atoms with E-state index in [0.717, 1.165) is 5.56 Å². The number of ether oxygens (including phenoxy) is 2. The Balaban J connectivity index is 2.07. The summed E-state index contributed by atoms with van der Waals surface area (Å²) < 4.78 is 11.2. The van der Waals surface area contributed by atoms with Crippen molar-refractivity contribution >= 4 is 5.97 Å². The van der Waals surface area contributed by atoms with Gasteiger partial charge in [0.25, 0.3) is 0 Å². The van der Waals surface area contributed by atoms with E-state index in [1.54, 1.807) is 24.3 Å². The first-order valence-corrected chi connectivity index (χ1v) is 6.90. The minimum absolute atomic E-state index is 0.453. The molecule has 0 atom stereocenters. The Bertz CT molecular complexity index is 650. The second-order valence-electron chi connectivity index (χ2n) is 5.34. The lowest BCUT2D eigenvalue weighted by molar-refractivity contribution is -0.152. The van der Waals surface area contributed by atoms with Gasteiger partial charge in [-0.1, -0.05) is 12.1 Å². The Morgan fingerprint density at radius 2 is 1.73 bits per heavy atom. The summed E-state index contributed by atoms with van der Waals surface area (Å²) >= 11 is 0. The van der Waals surface area contributed by atoms with Crippen LogP contribution in [0, 0.1) is 0 Å². The van der Waals surface area contributed by atoms with Gasteiger partial charge in [-0.3, -0.25) is 0 Å². The molecular weight excluding hydrogens is 282 g/mol. The van der Waals surface area contributed by atoms with Gasteiger partial charge in [0.05, 0.1) is 0 Å². The zero-order valence-electron chi connectivity index (χ0n) is 12.6. The van der Waals surface area contributed by atoms with E-state index in [-0.39, 0.29) is 0 Å². The average Bonchev–Trinajstić information content (AvgIpc) is 2.49. The van der Waals surface area contributed by atoms with Crippen molar-refractivity contribution in [2.75, 3.05) is 0 Å². The number of carboxylic acid groups (broad SMARTS) is 1. The van der Waals surface area contributed by atoms with Crippen LogP contribution in [-0.2, 0) is 11.3 Å². The summed E-state index contributed by atoms with van der Waals surface area (Å²) in [5, 5.41) is 9.04. The highest BCUT2D eigenvalue weighted by Crippen LogP contribution is 2.26. The van der Waals surface area contributed by atoms with Crippen LogP contribution >= 0.6 is 0 Å². The fraction of sp³-hybridized carbons (Fsp3) is 0.235. The molecule has 0 saturated carbocycles. The number of hydrogen-bond acceptors (Lipinski definition) is 4. The summed E-state index contributed by atoms with van der Waals surface area (Å²) in [5.74, 6) is 0.777. The molecule has 2 aromatic rings. The van der Waals surface area contributed by atoms with Crippen molar-refractivity contribution < 1.29 is 19.4 Å². The maximum absolute atomic E-state index is 11.0. The molecule has 0 aliphatic rings. The predicted octanol–water partition coefficient (Wildman–Crippen LogP) is 3.18. The summed E-state index contributed by atoms with van der Waals surface area (Å²) in [7, 11) is 0. The highest BCUT2D eigenvalue weighted by molar-refractivity contribution is 5.76. The summed E-state index contributed by atoms with van der Waals surface area (Å²) in [6.07, 6.45) is 0. The Kier molecular flexibility index (Phi) is 4.68. The standard InChI is InChI=1S/C17H19NO4/c1-17(2,16(19)20)22-14-8-6-13(7-9-14)21-15-5-3-4-12(10-15)11-18/h3-10H,11,18H2,1-2H3,(H,19,20). The predicted molar refractivity (Wildman–Crippen MR) is 83.2 cm³/mol. The van der Waals surface area contributed by atoms with Gasteiger partial charge in [0.1, 0.15) is 17.2 Å². The average molecular weight is 301 g/mol. The van der Waals surface area contributed by atoms with Crippen molar-refractivity contribution in [3.63, 3.8) is 0 Å². The van der Waals surface area contributed by atoms with Crippen molar-refractivity contribution in [1.82, 2.24) is 0 Å². The molecule has 5 heteroatoms. The van der Waals surface area contributed by atoms with Gasteiger partial charge in [0.15, 0.2) is 5.60 Å². The molecule has 0 aliphatic heterocycles. The number of carboxylic acids is 1. The van der Waals surface area contributed by atoms with E-state index in [1.807, 2.05) is 24.3 Å². The van der Waals surface area contributed by atoms with E-state index in [9.17, 15) is 4.79 Å². The molecular formula is C17H19NO4. The van der Waals surface area contributed by atoms with Crippen LogP contribution in [0.1, 0.15) is 19.4 Å². The second-order valence-corrected chi connectivity index (χ2v) is 5.34. The molecule has 2 rings (SSSR count). The van der Waals surface area contributed by atoms with E-state index in [2.05, 4.69) is 0 Å². The molecule has 22 heavy (non-hydrogen) atoms. The summed E-state index contributed by atoms with van der Waals surface area (Å²) in [5.41, 5.74) is 5.30. The van der Waals surface area contributed by atoms with Crippen molar-refractivity contribution in [2.45, 2.75) is 26.0 Å². The highest BCUT2D eigenvalue weighted by Gasteiger charge is 2.29. The Hall–Kier alpha value is -2.53. The molecule has 0 heterocycles. The summed E-state index contributed by atoms with van der Waals surface area (Å²) in [6, 6.07) is 14.3. The molecule has 0 aromatic heterocycles. The Labute approximate surface area is 129 Å². The number of benzene rings is 2. The van der Waals surface area contributed by atoms with Gasteiger partial charge in [0.2, 0.25) is 0 Å². The summed E-state index contributed by atoms with van der Waals surface area (Å²) in [4.78, 5) is 11.0. The quantitative estimate of drug-likeness (QED) is 0.856. The topological polar surface area (TPSA) is 81.8 Å². The van der Waals surface area contributed by atoms with Crippen molar-refractivity contribution in [1.29, 1.82) is 0 Å². The largest absolute Gasteiger partial charge is 0.478 e. The van der Waals surface area contributed by atoms with Crippen LogP contribution in [0.5, 0.6) is 17.2 Å². The second kappa shape index (κ2) is 6.49. The molecule has 5 nitrogen and oxygen atoms in total. The number of rotatable bonds is 6. The third-order valence-electron chi connectivity index (χ3n) is 3.08. The Morgan fingerprint density at radius 3 is 2.32 bits per heavy atom.